The van der Waals surface area contributed by atoms with Crippen LogP contribution in [0.3, 0.4) is 0 Å². The van der Waals surface area contributed by atoms with Crippen LogP contribution in [0.2, 0.25) is 0 Å². The van der Waals surface area contributed by atoms with Gasteiger partial charge in [-0.2, -0.15) is 0 Å². The predicted molar refractivity (Wildman–Crippen MR) is 87.2 cm³/mol. The standard InChI is InChI=1S/C16H22N4O/c1-16(2,3)20-15(21)7-9-19-14-5-4-13(17)11-6-8-18-10-12(11)14/h4-6,8,10,19H,7,9,17H2,1-3H3,(H,20,21). The molecule has 2 aromatic rings. The van der Waals surface area contributed by atoms with Crippen LogP contribution in [0.5, 0.6) is 0 Å². The average Bonchev–Trinajstić information content (AvgIpc) is 2.40. The van der Waals surface area contributed by atoms with E-state index < -0.39 is 0 Å². The highest BCUT2D eigenvalue weighted by molar-refractivity contribution is 6.00. The summed E-state index contributed by atoms with van der Waals surface area (Å²) in [7, 11) is 0. The number of rotatable bonds is 4. The number of nitrogens with one attached hydrogen (secondary N) is 2. The predicted octanol–water partition coefficient (Wildman–Crippen LogP) is 2.53. The summed E-state index contributed by atoms with van der Waals surface area (Å²) < 4.78 is 0. The molecule has 2 rings (SSSR count). The number of hydrogen-bond donors (Lipinski definition) is 3. The topological polar surface area (TPSA) is 80.0 Å². The van der Waals surface area contributed by atoms with Crippen molar-refractivity contribution < 1.29 is 4.79 Å². The Kier molecular flexibility index (Phi) is 4.31. The summed E-state index contributed by atoms with van der Waals surface area (Å²) >= 11 is 0. The Morgan fingerprint density at radius 3 is 2.71 bits per heavy atom. The monoisotopic (exact) mass is 286 g/mol. The van der Waals surface area contributed by atoms with Crippen molar-refractivity contribution in [1.29, 1.82) is 0 Å². The van der Waals surface area contributed by atoms with E-state index in [-0.39, 0.29) is 11.4 Å². The summed E-state index contributed by atoms with van der Waals surface area (Å²) in [6, 6.07) is 5.67. The third-order valence-corrected chi connectivity index (χ3v) is 3.03. The number of nitrogens with zero attached hydrogens (tertiary/aromatic N) is 1. The van der Waals surface area contributed by atoms with E-state index in [1.54, 1.807) is 12.4 Å². The quantitative estimate of drug-likeness (QED) is 0.755. The van der Waals surface area contributed by atoms with Crippen LogP contribution in [0.4, 0.5) is 11.4 Å². The van der Waals surface area contributed by atoms with Crippen LogP contribution in [0, 0.1) is 0 Å². The fourth-order valence-electron chi connectivity index (χ4n) is 2.16. The molecule has 21 heavy (non-hydrogen) atoms. The third-order valence-electron chi connectivity index (χ3n) is 3.03. The van der Waals surface area contributed by atoms with Crippen molar-refractivity contribution >= 4 is 28.1 Å². The van der Waals surface area contributed by atoms with E-state index in [4.69, 9.17) is 5.73 Å². The number of amides is 1. The highest BCUT2D eigenvalue weighted by atomic mass is 16.1. The summed E-state index contributed by atoms with van der Waals surface area (Å²) in [4.78, 5) is 15.9. The molecular weight excluding hydrogens is 264 g/mol. The van der Waals surface area contributed by atoms with E-state index in [9.17, 15) is 4.79 Å². The van der Waals surface area contributed by atoms with Crippen LogP contribution in [-0.4, -0.2) is 23.0 Å². The molecule has 112 valence electrons. The molecule has 1 aromatic carbocycles. The van der Waals surface area contributed by atoms with Crippen molar-refractivity contribution in [3.63, 3.8) is 0 Å². The Balaban J connectivity index is 2.02. The lowest BCUT2D eigenvalue weighted by Gasteiger charge is -2.20. The normalized spacial score (nSPS) is 11.4. The first kappa shape index (κ1) is 15.1. The van der Waals surface area contributed by atoms with E-state index in [2.05, 4.69) is 15.6 Å². The zero-order valence-corrected chi connectivity index (χ0v) is 12.7. The molecule has 5 heteroatoms. The van der Waals surface area contributed by atoms with Crippen molar-refractivity contribution in [3.8, 4) is 0 Å². The molecule has 0 saturated heterocycles. The number of nitrogens with two attached hydrogens (primary N) is 1. The zero-order valence-electron chi connectivity index (χ0n) is 12.7. The van der Waals surface area contributed by atoms with Gasteiger partial charge < -0.3 is 16.4 Å². The number of carbonyl (C=O) groups is 1. The van der Waals surface area contributed by atoms with Gasteiger partial charge in [0.05, 0.1) is 0 Å². The average molecular weight is 286 g/mol. The Labute approximate surface area is 124 Å². The van der Waals surface area contributed by atoms with Gasteiger partial charge in [-0.1, -0.05) is 0 Å². The summed E-state index contributed by atoms with van der Waals surface area (Å²) in [6.07, 6.45) is 3.92. The molecule has 0 spiro atoms. The molecule has 0 aliphatic rings. The second-order valence-electron chi connectivity index (χ2n) is 6.10. The van der Waals surface area contributed by atoms with Gasteiger partial charge in [0.15, 0.2) is 0 Å². The Bertz CT molecular complexity index is 646. The van der Waals surface area contributed by atoms with Crippen LogP contribution >= 0.6 is 0 Å². The number of benzene rings is 1. The maximum atomic E-state index is 11.8. The second-order valence-corrected chi connectivity index (χ2v) is 6.10. The number of nitrogen functional groups attached to an aromatic ring is 1. The van der Waals surface area contributed by atoms with E-state index in [0.717, 1.165) is 22.1 Å². The molecule has 0 atom stereocenters. The summed E-state index contributed by atoms with van der Waals surface area (Å²) in [5, 5.41) is 8.15. The van der Waals surface area contributed by atoms with E-state index in [1.807, 2.05) is 39.0 Å². The smallest absolute Gasteiger partial charge is 0.222 e. The van der Waals surface area contributed by atoms with Gasteiger partial charge in [0.2, 0.25) is 5.91 Å². The SMILES string of the molecule is CC(C)(C)NC(=O)CCNc1ccc(N)c2ccncc12. The Morgan fingerprint density at radius 2 is 2.00 bits per heavy atom. The van der Waals surface area contributed by atoms with Crippen molar-refractivity contribution in [2.75, 3.05) is 17.6 Å². The number of aromatic nitrogens is 1. The maximum absolute atomic E-state index is 11.8. The summed E-state index contributed by atoms with van der Waals surface area (Å²) in [6.45, 7) is 6.47. The first-order valence-electron chi connectivity index (χ1n) is 7.04. The van der Waals surface area contributed by atoms with E-state index in [1.165, 1.54) is 0 Å². The van der Waals surface area contributed by atoms with E-state index >= 15 is 0 Å². The molecule has 1 amide bonds. The zero-order chi connectivity index (χ0) is 15.5. The minimum absolute atomic E-state index is 0.0351. The summed E-state index contributed by atoms with van der Waals surface area (Å²) in [5.41, 5.74) is 7.42. The minimum Gasteiger partial charge on any atom is -0.398 e. The minimum atomic E-state index is -0.200. The molecule has 4 N–H and O–H groups in total. The first-order valence-corrected chi connectivity index (χ1v) is 7.04. The van der Waals surface area contributed by atoms with Crippen molar-refractivity contribution in [2.24, 2.45) is 0 Å². The van der Waals surface area contributed by atoms with Gasteiger partial charge in [-0.25, -0.2) is 0 Å². The molecule has 0 aliphatic carbocycles. The molecule has 0 aliphatic heterocycles. The fraction of sp³-hybridized carbons (Fsp3) is 0.375. The van der Waals surface area contributed by atoms with Gasteiger partial charge in [-0.05, 0) is 39.0 Å². The highest BCUT2D eigenvalue weighted by Gasteiger charge is 2.13. The van der Waals surface area contributed by atoms with Crippen molar-refractivity contribution in [2.45, 2.75) is 32.7 Å². The largest absolute Gasteiger partial charge is 0.398 e. The number of pyridine rings is 1. The third kappa shape index (κ3) is 4.08. The van der Waals surface area contributed by atoms with Crippen LogP contribution in [-0.2, 0) is 4.79 Å². The maximum Gasteiger partial charge on any atom is 0.222 e. The van der Waals surface area contributed by atoms with Crippen LogP contribution in [0.1, 0.15) is 27.2 Å². The molecule has 0 unspecified atom stereocenters. The lowest BCUT2D eigenvalue weighted by molar-refractivity contribution is -0.122. The lowest BCUT2D eigenvalue weighted by Crippen LogP contribution is -2.41. The van der Waals surface area contributed by atoms with E-state index in [0.29, 0.717) is 13.0 Å². The molecule has 0 fully saturated rings. The lowest BCUT2D eigenvalue weighted by atomic mass is 10.1. The molecule has 0 radical (unpaired) electrons. The Hall–Kier alpha value is -2.30. The number of carbonyl (C=O) groups excluding carboxylic acids is 1. The van der Waals surface area contributed by atoms with Gasteiger partial charge in [0, 0.05) is 53.0 Å². The van der Waals surface area contributed by atoms with Crippen molar-refractivity contribution in [1.82, 2.24) is 10.3 Å². The van der Waals surface area contributed by atoms with Gasteiger partial charge in [0.1, 0.15) is 0 Å². The highest BCUT2D eigenvalue weighted by Crippen LogP contribution is 2.27. The van der Waals surface area contributed by atoms with Gasteiger partial charge >= 0.3 is 0 Å². The van der Waals surface area contributed by atoms with Crippen LogP contribution in [0.25, 0.3) is 10.8 Å². The fourth-order valence-corrected chi connectivity index (χ4v) is 2.16. The molecule has 1 heterocycles. The van der Waals surface area contributed by atoms with Gasteiger partial charge in [0.25, 0.3) is 0 Å². The van der Waals surface area contributed by atoms with Gasteiger partial charge in [-0.3, -0.25) is 9.78 Å². The number of anilines is 2. The molecule has 5 nitrogen and oxygen atoms in total. The summed E-state index contributed by atoms with van der Waals surface area (Å²) in [5.74, 6) is 0.0351. The molecule has 0 bridgehead atoms. The second kappa shape index (κ2) is 5.99. The molecule has 1 aromatic heterocycles. The van der Waals surface area contributed by atoms with Crippen LogP contribution in [0.15, 0.2) is 30.6 Å². The first-order chi connectivity index (χ1) is 9.87. The Morgan fingerprint density at radius 1 is 1.24 bits per heavy atom. The number of hydrogen-bond acceptors (Lipinski definition) is 4. The van der Waals surface area contributed by atoms with Crippen molar-refractivity contribution in [3.05, 3.63) is 30.6 Å². The molecule has 0 saturated carbocycles. The molecular formula is C16H22N4O. The number of fused-ring (bicyclic) bond motifs is 1. The van der Waals surface area contributed by atoms with Crippen LogP contribution < -0.4 is 16.4 Å². The van der Waals surface area contributed by atoms with Gasteiger partial charge in [-0.15, -0.1) is 0 Å².